The summed E-state index contributed by atoms with van der Waals surface area (Å²) in [5.74, 6) is 1.50. The Labute approximate surface area is 109 Å². The zero-order chi connectivity index (χ0) is 12.7. The van der Waals surface area contributed by atoms with E-state index in [1.165, 1.54) is 11.3 Å². The molecule has 0 bridgehead atoms. The Hall–Kier alpha value is -1.62. The molecule has 1 aliphatic rings. The lowest BCUT2D eigenvalue weighted by atomic mass is 10.3. The summed E-state index contributed by atoms with van der Waals surface area (Å²) in [5, 5.41) is 3.54. The van der Waals surface area contributed by atoms with Crippen molar-refractivity contribution in [3.05, 3.63) is 18.2 Å². The molecule has 5 heteroatoms. The van der Waals surface area contributed by atoms with Crippen LogP contribution in [0.2, 0.25) is 0 Å². The maximum atomic E-state index is 11.8. The molecular weight excluding hydrogens is 248 g/mol. The monoisotopic (exact) mass is 262 g/mol. The molecule has 1 N–H and O–H groups in total. The lowest BCUT2D eigenvalue weighted by Gasteiger charge is -1.99. The first kappa shape index (κ1) is 11.5. The van der Waals surface area contributed by atoms with Gasteiger partial charge in [0, 0.05) is 5.92 Å². The summed E-state index contributed by atoms with van der Waals surface area (Å²) in [5.41, 5.74) is 0.809. The third kappa shape index (κ3) is 1.95. The highest BCUT2D eigenvalue weighted by Gasteiger charge is 2.39. The van der Waals surface area contributed by atoms with Crippen LogP contribution in [-0.2, 0) is 4.79 Å². The van der Waals surface area contributed by atoms with Crippen molar-refractivity contribution < 1.29 is 9.53 Å². The number of ether oxygens (including phenoxy) is 1. The van der Waals surface area contributed by atoms with Crippen molar-refractivity contribution in [3.63, 3.8) is 0 Å². The Balaban J connectivity index is 1.87. The number of nitrogens with zero attached hydrogens (tertiary/aromatic N) is 1. The third-order valence-electron chi connectivity index (χ3n) is 3.28. The zero-order valence-corrected chi connectivity index (χ0v) is 11.1. The number of carbonyl (C=O) groups is 1. The molecule has 1 fully saturated rings. The first-order chi connectivity index (χ1) is 8.69. The molecule has 3 rings (SSSR count). The minimum Gasteiger partial charge on any atom is -0.494 e. The molecule has 0 spiro atoms. The second kappa shape index (κ2) is 4.24. The van der Waals surface area contributed by atoms with Crippen LogP contribution >= 0.6 is 11.3 Å². The molecule has 0 radical (unpaired) electrons. The quantitative estimate of drug-likeness (QED) is 0.925. The molecule has 2 aromatic rings. The molecular formula is C13H14N2O2S. The summed E-state index contributed by atoms with van der Waals surface area (Å²) < 4.78 is 6.28. The fourth-order valence-electron chi connectivity index (χ4n) is 2.03. The number of nitrogens with one attached hydrogen (secondary N) is 1. The molecule has 4 nitrogen and oxygen atoms in total. The highest BCUT2D eigenvalue weighted by Crippen LogP contribution is 2.39. The van der Waals surface area contributed by atoms with Crippen LogP contribution in [0, 0.1) is 11.8 Å². The third-order valence-corrected chi connectivity index (χ3v) is 4.21. The van der Waals surface area contributed by atoms with Crippen LogP contribution in [0.25, 0.3) is 10.2 Å². The van der Waals surface area contributed by atoms with Crippen LogP contribution in [0.4, 0.5) is 5.13 Å². The predicted octanol–water partition coefficient (Wildman–Crippen LogP) is 2.90. The average Bonchev–Trinajstić information content (AvgIpc) is 2.95. The summed E-state index contributed by atoms with van der Waals surface area (Å²) >= 11 is 1.48. The molecule has 0 saturated heterocycles. The van der Waals surface area contributed by atoms with E-state index in [9.17, 15) is 4.79 Å². The molecule has 1 heterocycles. The van der Waals surface area contributed by atoms with Crippen molar-refractivity contribution in [2.75, 3.05) is 12.4 Å². The van der Waals surface area contributed by atoms with Crippen molar-refractivity contribution in [2.45, 2.75) is 13.3 Å². The summed E-state index contributed by atoms with van der Waals surface area (Å²) in [7, 11) is 1.62. The number of hydrogen-bond donors (Lipinski definition) is 1. The van der Waals surface area contributed by atoms with Crippen molar-refractivity contribution in [1.29, 1.82) is 0 Å². The van der Waals surface area contributed by atoms with Gasteiger partial charge in [-0.3, -0.25) is 4.79 Å². The van der Waals surface area contributed by atoms with Crippen LogP contribution in [0.1, 0.15) is 13.3 Å². The first-order valence-corrected chi connectivity index (χ1v) is 6.75. The molecule has 1 saturated carbocycles. The van der Waals surface area contributed by atoms with Gasteiger partial charge < -0.3 is 10.1 Å². The van der Waals surface area contributed by atoms with Crippen molar-refractivity contribution in [2.24, 2.45) is 11.8 Å². The largest absolute Gasteiger partial charge is 0.494 e. The van der Waals surface area contributed by atoms with Crippen molar-refractivity contribution in [3.8, 4) is 5.75 Å². The lowest BCUT2D eigenvalue weighted by Crippen LogP contribution is -2.14. The molecule has 0 aliphatic heterocycles. The predicted molar refractivity (Wildman–Crippen MR) is 72.1 cm³/mol. The molecule has 2 unspecified atom stereocenters. The Morgan fingerprint density at radius 3 is 3.00 bits per heavy atom. The number of aromatic nitrogens is 1. The summed E-state index contributed by atoms with van der Waals surface area (Å²) in [6.45, 7) is 2.09. The average molecular weight is 262 g/mol. The van der Waals surface area contributed by atoms with Gasteiger partial charge in [0.15, 0.2) is 5.13 Å². The van der Waals surface area contributed by atoms with Crippen LogP contribution in [-0.4, -0.2) is 18.0 Å². The maximum absolute atomic E-state index is 11.8. The minimum absolute atomic E-state index is 0.0838. The molecule has 94 valence electrons. The lowest BCUT2D eigenvalue weighted by molar-refractivity contribution is -0.117. The van der Waals surface area contributed by atoms with Gasteiger partial charge in [-0.05, 0) is 24.5 Å². The molecule has 1 aromatic heterocycles. The topological polar surface area (TPSA) is 51.2 Å². The number of amides is 1. The van der Waals surface area contributed by atoms with E-state index < -0.39 is 0 Å². The Morgan fingerprint density at radius 1 is 1.56 bits per heavy atom. The summed E-state index contributed by atoms with van der Waals surface area (Å²) in [6, 6.07) is 5.77. The second-order valence-corrected chi connectivity index (χ2v) is 5.67. The molecule has 1 aromatic carbocycles. The molecule has 1 amide bonds. The minimum atomic E-state index is 0.0838. The van der Waals surface area contributed by atoms with Gasteiger partial charge in [0.1, 0.15) is 11.3 Å². The van der Waals surface area contributed by atoms with Crippen LogP contribution in [0.15, 0.2) is 18.2 Å². The SMILES string of the molecule is COc1cccc2sc(NC(=O)C3CC3C)nc12. The van der Waals surface area contributed by atoms with Gasteiger partial charge in [0.25, 0.3) is 0 Å². The second-order valence-electron chi connectivity index (χ2n) is 4.63. The first-order valence-electron chi connectivity index (χ1n) is 5.93. The van der Waals surface area contributed by atoms with Crippen molar-refractivity contribution in [1.82, 2.24) is 4.98 Å². The number of methoxy groups -OCH3 is 1. The zero-order valence-electron chi connectivity index (χ0n) is 10.3. The van der Waals surface area contributed by atoms with Gasteiger partial charge in [-0.1, -0.05) is 24.3 Å². The van der Waals surface area contributed by atoms with Crippen LogP contribution in [0.3, 0.4) is 0 Å². The highest BCUT2D eigenvalue weighted by atomic mass is 32.1. The van der Waals surface area contributed by atoms with Gasteiger partial charge in [-0.2, -0.15) is 0 Å². The smallest absolute Gasteiger partial charge is 0.229 e. The maximum Gasteiger partial charge on any atom is 0.229 e. The van der Waals surface area contributed by atoms with E-state index in [1.54, 1.807) is 7.11 Å². The Kier molecular flexibility index (Phi) is 2.70. The van der Waals surface area contributed by atoms with Gasteiger partial charge >= 0.3 is 0 Å². The standard InChI is InChI=1S/C13H14N2O2S/c1-7-6-8(7)12(16)15-13-14-11-9(17-2)4-3-5-10(11)18-13/h3-5,7-8H,6H2,1-2H3,(H,14,15,16). The van der Waals surface area contributed by atoms with E-state index in [-0.39, 0.29) is 11.8 Å². The Morgan fingerprint density at radius 2 is 2.33 bits per heavy atom. The van der Waals surface area contributed by atoms with Crippen LogP contribution in [0.5, 0.6) is 5.75 Å². The number of benzene rings is 1. The number of para-hydroxylation sites is 1. The van der Waals surface area contributed by atoms with E-state index in [2.05, 4.69) is 17.2 Å². The number of fused-ring (bicyclic) bond motifs is 1. The van der Waals surface area contributed by atoms with Crippen molar-refractivity contribution >= 4 is 32.6 Å². The van der Waals surface area contributed by atoms with Gasteiger partial charge in [-0.25, -0.2) is 4.98 Å². The summed E-state index contributed by atoms with van der Waals surface area (Å²) in [4.78, 5) is 16.3. The number of anilines is 1. The van der Waals surface area contributed by atoms with Gasteiger partial charge in [-0.15, -0.1) is 0 Å². The number of carbonyl (C=O) groups excluding carboxylic acids is 1. The summed E-state index contributed by atoms with van der Waals surface area (Å²) in [6.07, 6.45) is 0.986. The van der Waals surface area contributed by atoms with Crippen LogP contribution < -0.4 is 10.1 Å². The Bertz CT molecular complexity index is 608. The van der Waals surface area contributed by atoms with E-state index in [4.69, 9.17) is 4.74 Å². The normalized spacial score (nSPS) is 21.9. The highest BCUT2D eigenvalue weighted by molar-refractivity contribution is 7.22. The molecule has 2 atom stereocenters. The van der Waals surface area contributed by atoms with Gasteiger partial charge in [0.2, 0.25) is 5.91 Å². The molecule has 18 heavy (non-hydrogen) atoms. The van der Waals surface area contributed by atoms with E-state index in [0.717, 1.165) is 22.4 Å². The van der Waals surface area contributed by atoms with E-state index in [1.807, 2.05) is 18.2 Å². The van der Waals surface area contributed by atoms with E-state index in [0.29, 0.717) is 11.0 Å². The molecule has 1 aliphatic carbocycles. The van der Waals surface area contributed by atoms with E-state index >= 15 is 0 Å². The fraction of sp³-hybridized carbons (Fsp3) is 0.385. The number of hydrogen-bond acceptors (Lipinski definition) is 4. The van der Waals surface area contributed by atoms with Gasteiger partial charge in [0.05, 0.1) is 11.8 Å². The fourth-order valence-corrected chi connectivity index (χ4v) is 2.91. The number of thiazole rings is 1. The number of rotatable bonds is 3.